The third-order valence-electron chi connectivity index (χ3n) is 4.63. The van der Waals surface area contributed by atoms with Gasteiger partial charge in [-0.1, -0.05) is 20.8 Å². The zero-order valence-electron chi connectivity index (χ0n) is 12.9. The zero-order chi connectivity index (χ0) is 13.9. The average molecular weight is 263 g/mol. The van der Waals surface area contributed by atoms with Gasteiger partial charge in [0.15, 0.2) is 0 Å². The second-order valence-corrected chi connectivity index (χ2v) is 6.80. The fraction of sp³-hybridized carbons (Fsp3) is 0.812. The molecule has 108 valence electrons. The van der Waals surface area contributed by atoms with Gasteiger partial charge in [0, 0.05) is 24.3 Å². The summed E-state index contributed by atoms with van der Waals surface area (Å²) in [5.74, 6) is 0.761. The minimum Gasteiger partial charge on any atom is -0.313 e. The van der Waals surface area contributed by atoms with Crippen LogP contribution in [0.15, 0.2) is 12.4 Å². The standard InChI is InChI=1S/C16H29N3/c1-5-10-19-12-14(11-18-19)15(17-4)13-6-8-16(2,3)9-7-13/h11-13,15,17H,5-10H2,1-4H3. The van der Waals surface area contributed by atoms with Crippen molar-refractivity contribution >= 4 is 0 Å². The Morgan fingerprint density at radius 3 is 2.68 bits per heavy atom. The number of rotatable bonds is 5. The quantitative estimate of drug-likeness (QED) is 0.876. The molecule has 1 fully saturated rings. The van der Waals surface area contributed by atoms with Gasteiger partial charge >= 0.3 is 0 Å². The SMILES string of the molecule is CCCn1cc(C(NC)C2CCC(C)(C)CC2)cn1. The molecule has 0 bridgehead atoms. The lowest BCUT2D eigenvalue weighted by Crippen LogP contribution is -2.30. The van der Waals surface area contributed by atoms with Gasteiger partial charge in [-0.3, -0.25) is 4.68 Å². The summed E-state index contributed by atoms with van der Waals surface area (Å²) in [4.78, 5) is 0. The highest BCUT2D eigenvalue weighted by Gasteiger charge is 2.31. The third-order valence-corrected chi connectivity index (χ3v) is 4.63. The van der Waals surface area contributed by atoms with E-state index in [0.717, 1.165) is 18.9 Å². The Bertz CT molecular complexity index is 384. The molecule has 0 aliphatic heterocycles. The van der Waals surface area contributed by atoms with E-state index >= 15 is 0 Å². The highest BCUT2D eigenvalue weighted by atomic mass is 15.3. The van der Waals surface area contributed by atoms with Crippen molar-refractivity contribution in [2.24, 2.45) is 11.3 Å². The van der Waals surface area contributed by atoms with Crippen LogP contribution in [-0.4, -0.2) is 16.8 Å². The van der Waals surface area contributed by atoms with Crippen LogP contribution in [0.1, 0.15) is 64.5 Å². The Kier molecular flexibility index (Phi) is 4.67. The molecule has 3 nitrogen and oxygen atoms in total. The Labute approximate surface area is 117 Å². The molecule has 0 amide bonds. The van der Waals surface area contributed by atoms with Crippen molar-refractivity contribution < 1.29 is 0 Å². The second kappa shape index (κ2) is 6.08. The predicted octanol–water partition coefficient (Wildman–Crippen LogP) is 3.77. The van der Waals surface area contributed by atoms with Crippen molar-refractivity contribution in [2.75, 3.05) is 7.05 Å². The van der Waals surface area contributed by atoms with Crippen LogP contribution >= 0.6 is 0 Å². The highest BCUT2D eigenvalue weighted by molar-refractivity contribution is 5.12. The molecule has 1 saturated carbocycles. The van der Waals surface area contributed by atoms with E-state index in [1.165, 1.54) is 31.2 Å². The number of aromatic nitrogens is 2. The summed E-state index contributed by atoms with van der Waals surface area (Å²) in [5, 5.41) is 7.99. The van der Waals surface area contributed by atoms with Crippen molar-refractivity contribution in [3.63, 3.8) is 0 Å². The maximum Gasteiger partial charge on any atom is 0.0537 e. The summed E-state index contributed by atoms with van der Waals surface area (Å²) in [7, 11) is 2.08. The molecule has 2 rings (SSSR count). The van der Waals surface area contributed by atoms with E-state index in [2.05, 4.69) is 55.3 Å². The fourth-order valence-electron chi connectivity index (χ4n) is 3.32. The van der Waals surface area contributed by atoms with Crippen LogP contribution < -0.4 is 5.32 Å². The molecular weight excluding hydrogens is 234 g/mol. The summed E-state index contributed by atoms with van der Waals surface area (Å²) >= 11 is 0. The van der Waals surface area contributed by atoms with Crippen LogP contribution in [0.25, 0.3) is 0 Å². The van der Waals surface area contributed by atoms with Crippen LogP contribution in [-0.2, 0) is 6.54 Å². The first-order valence-electron chi connectivity index (χ1n) is 7.75. The topological polar surface area (TPSA) is 29.9 Å². The molecule has 1 heterocycles. The number of nitrogens with one attached hydrogen (secondary N) is 1. The first kappa shape index (κ1) is 14.6. The number of hydrogen-bond acceptors (Lipinski definition) is 2. The number of nitrogens with zero attached hydrogens (tertiary/aromatic N) is 2. The van der Waals surface area contributed by atoms with E-state index in [-0.39, 0.29) is 0 Å². The first-order valence-corrected chi connectivity index (χ1v) is 7.75. The van der Waals surface area contributed by atoms with Crippen LogP contribution in [0.3, 0.4) is 0 Å². The normalized spacial score (nSPS) is 21.5. The minimum absolute atomic E-state index is 0.474. The van der Waals surface area contributed by atoms with Crippen LogP contribution in [0.2, 0.25) is 0 Å². The maximum absolute atomic E-state index is 4.47. The van der Waals surface area contributed by atoms with Crippen LogP contribution in [0.5, 0.6) is 0 Å². The molecule has 1 atom stereocenters. The lowest BCUT2D eigenvalue weighted by molar-refractivity contribution is 0.164. The van der Waals surface area contributed by atoms with E-state index in [9.17, 15) is 0 Å². The Hall–Kier alpha value is -0.830. The average Bonchev–Trinajstić information content (AvgIpc) is 2.81. The van der Waals surface area contributed by atoms with Gasteiger partial charge < -0.3 is 5.32 Å². The molecule has 19 heavy (non-hydrogen) atoms. The smallest absolute Gasteiger partial charge is 0.0537 e. The molecule has 0 aromatic carbocycles. The van der Waals surface area contributed by atoms with Crippen molar-refractivity contribution in [1.29, 1.82) is 0 Å². The maximum atomic E-state index is 4.47. The Morgan fingerprint density at radius 2 is 2.11 bits per heavy atom. The van der Waals surface area contributed by atoms with Gasteiger partial charge in [0.25, 0.3) is 0 Å². The van der Waals surface area contributed by atoms with E-state index in [4.69, 9.17) is 0 Å². The first-order chi connectivity index (χ1) is 9.05. The summed E-state index contributed by atoms with van der Waals surface area (Å²) in [6, 6.07) is 0.474. The molecule has 1 aliphatic rings. The van der Waals surface area contributed by atoms with Crippen molar-refractivity contribution in [3.8, 4) is 0 Å². The molecule has 1 aromatic rings. The summed E-state index contributed by atoms with van der Waals surface area (Å²) < 4.78 is 2.08. The molecule has 0 spiro atoms. The van der Waals surface area contributed by atoms with E-state index in [0.29, 0.717) is 11.5 Å². The zero-order valence-corrected chi connectivity index (χ0v) is 12.9. The number of aryl methyl sites for hydroxylation is 1. The van der Waals surface area contributed by atoms with Crippen LogP contribution in [0.4, 0.5) is 0 Å². The van der Waals surface area contributed by atoms with Crippen LogP contribution in [0, 0.1) is 11.3 Å². The van der Waals surface area contributed by atoms with Gasteiger partial charge in [-0.05, 0) is 50.5 Å². The Morgan fingerprint density at radius 1 is 1.42 bits per heavy atom. The van der Waals surface area contributed by atoms with E-state index < -0.39 is 0 Å². The molecule has 1 unspecified atom stereocenters. The van der Waals surface area contributed by atoms with Gasteiger partial charge in [-0.15, -0.1) is 0 Å². The monoisotopic (exact) mass is 263 g/mol. The third kappa shape index (κ3) is 3.59. The van der Waals surface area contributed by atoms with Crippen molar-refractivity contribution in [3.05, 3.63) is 18.0 Å². The second-order valence-electron chi connectivity index (χ2n) is 6.80. The summed E-state index contributed by atoms with van der Waals surface area (Å²) in [6.07, 6.45) is 10.8. The molecule has 0 saturated heterocycles. The molecule has 1 N–H and O–H groups in total. The molecule has 3 heteroatoms. The molecule has 0 radical (unpaired) electrons. The van der Waals surface area contributed by atoms with E-state index in [1.54, 1.807) is 0 Å². The van der Waals surface area contributed by atoms with Gasteiger partial charge in [0.1, 0.15) is 0 Å². The molecule has 1 aliphatic carbocycles. The number of hydrogen-bond donors (Lipinski definition) is 1. The summed E-state index contributed by atoms with van der Waals surface area (Å²) in [6.45, 7) is 8.02. The lowest BCUT2D eigenvalue weighted by Gasteiger charge is -2.37. The fourth-order valence-corrected chi connectivity index (χ4v) is 3.32. The minimum atomic E-state index is 0.474. The summed E-state index contributed by atoms with van der Waals surface area (Å²) in [5.41, 5.74) is 1.90. The van der Waals surface area contributed by atoms with E-state index in [1.807, 2.05) is 0 Å². The van der Waals surface area contributed by atoms with Gasteiger partial charge in [-0.25, -0.2) is 0 Å². The van der Waals surface area contributed by atoms with Crippen molar-refractivity contribution in [1.82, 2.24) is 15.1 Å². The van der Waals surface area contributed by atoms with Gasteiger partial charge in [-0.2, -0.15) is 5.10 Å². The van der Waals surface area contributed by atoms with Gasteiger partial charge in [0.2, 0.25) is 0 Å². The predicted molar refractivity (Wildman–Crippen MR) is 80.1 cm³/mol. The molecule has 1 aromatic heterocycles. The molecular formula is C16H29N3. The van der Waals surface area contributed by atoms with Gasteiger partial charge in [0.05, 0.1) is 6.20 Å². The highest BCUT2D eigenvalue weighted by Crippen LogP contribution is 2.42. The Balaban J connectivity index is 2.03. The largest absolute Gasteiger partial charge is 0.313 e. The van der Waals surface area contributed by atoms with Crippen molar-refractivity contribution in [2.45, 2.75) is 65.5 Å². The lowest BCUT2D eigenvalue weighted by atomic mass is 9.70.